The number of nitrogen functional groups attached to an aromatic ring is 1. The normalized spacial score (nSPS) is 21.0. The maximum absolute atomic E-state index is 5.82. The van der Waals surface area contributed by atoms with Crippen molar-refractivity contribution in [2.75, 3.05) is 24.1 Å². The molecule has 76 valence electrons. The van der Waals surface area contributed by atoms with E-state index in [0.717, 1.165) is 24.5 Å². The predicted octanol–water partition coefficient (Wildman–Crippen LogP) is 1.43. The van der Waals surface area contributed by atoms with Gasteiger partial charge in [0.25, 0.3) is 0 Å². The van der Waals surface area contributed by atoms with Gasteiger partial charge in [0, 0.05) is 12.6 Å². The molecule has 0 saturated carbocycles. The molecule has 14 heavy (non-hydrogen) atoms. The molecule has 1 aliphatic rings. The first-order valence-corrected chi connectivity index (χ1v) is 5.18. The Hall–Kier alpha value is -1.22. The highest BCUT2D eigenvalue weighted by Gasteiger charge is 2.13. The van der Waals surface area contributed by atoms with E-state index in [4.69, 9.17) is 5.73 Å². The molecule has 2 rings (SSSR count). The molecular formula is C11H17N3. The van der Waals surface area contributed by atoms with Crippen LogP contribution in [0, 0.1) is 0 Å². The SMILES string of the molecule is Nc1ccccc1NCC1CCCN1. The van der Waals surface area contributed by atoms with E-state index in [2.05, 4.69) is 10.6 Å². The van der Waals surface area contributed by atoms with Gasteiger partial charge in [0.1, 0.15) is 0 Å². The van der Waals surface area contributed by atoms with Crippen LogP contribution in [0.25, 0.3) is 0 Å². The third-order valence-electron chi connectivity index (χ3n) is 2.66. The van der Waals surface area contributed by atoms with Crippen LogP contribution in [-0.4, -0.2) is 19.1 Å². The van der Waals surface area contributed by atoms with Gasteiger partial charge in [0.2, 0.25) is 0 Å². The number of nitrogens with one attached hydrogen (secondary N) is 2. The second kappa shape index (κ2) is 4.33. The number of anilines is 2. The molecule has 1 aromatic carbocycles. The van der Waals surface area contributed by atoms with Crippen LogP contribution < -0.4 is 16.4 Å². The van der Waals surface area contributed by atoms with E-state index in [-0.39, 0.29) is 0 Å². The first-order chi connectivity index (χ1) is 6.86. The van der Waals surface area contributed by atoms with Gasteiger partial charge in [-0.1, -0.05) is 12.1 Å². The first kappa shape index (κ1) is 9.34. The highest BCUT2D eigenvalue weighted by molar-refractivity contribution is 5.65. The lowest BCUT2D eigenvalue weighted by Crippen LogP contribution is -2.29. The van der Waals surface area contributed by atoms with Gasteiger partial charge in [0.15, 0.2) is 0 Å². The number of benzene rings is 1. The quantitative estimate of drug-likeness (QED) is 0.633. The molecule has 3 nitrogen and oxygen atoms in total. The lowest BCUT2D eigenvalue weighted by molar-refractivity contribution is 0.634. The highest BCUT2D eigenvalue weighted by Crippen LogP contribution is 2.17. The van der Waals surface area contributed by atoms with Crippen LogP contribution in [0.2, 0.25) is 0 Å². The number of nitrogens with two attached hydrogens (primary N) is 1. The van der Waals surface area contributed by atoms with E-state index in [1.54, 1.807) is 0 Å². The average molecular weight is 191 g/mol. The Balaban J connectivity index is 1.88. The molecule has 4 N–H and O–H groups in total. The third-order valence-corrected chi connectivity index (χ3v) is 2.66. The van der Waals surface area contributed by atoms with E-state index in [1.165, 1.54) is 12.8 Å². The van der Waals surface area contributed by atoms with E-state index in [1.807, 2.05) is 24.3 Å². The second-order valence-corrected chi connectivity index (χ2v) is 3.76. The molecule has 1 aromatic rings. The number of para-hydroxylation sites is 2. The Morgan fingerprint density at radius 2 is 2.29 bits per heavy atom. The fourth-order valence-corrected chi connectivity index (χ4v) is 1.82. The second-order valence-electron chi connectivity index (χ2n) is 3.76. The monoisotopic (exact) mass is 191 g/mol. The molecule has 1 fully saturated rings. The Morgan fingerprint density at radius 3 is 3.00 bits per heavy atom. The number of hydrogen-bond acceptors (Lipinski definition) is 3. The lowest BCUT2D eigenvalue weighted by Gasteiger charge is -2.13. The molecule has 0 bridgehead atoms. The van der Waals surface area contributed by atoms with Crippen LogP contribution in [0.3, 0.4) is 0 Å². The highest BCUT2D eigenvalue weighted by atomic mass is 15.0. The van der Waals surface area contributed by atoms with Crippen LogP contribution in [-0.2, 0) is 0 Å². The fourth-order valence-electron chi connectivity index (χ4n) is 1.82. The summed E-state index contributed by atoms with van der Waals surface area (Å²) in [6, 6.07) is 8.50. The number of hydrogen-bond donors (Lipinski definition) is 3. The molecule has 1 unspecified atom stereocenters. The van der Waals surface area contributed by atoms with Crippen LogP contribution >= 0.6 is 0 Å². The van der Waals surface area contributed by atoms with E-state index >= 15 is 0 Å². The van der Waals surface area contributed by atoms with Crippen LogP contribution in [0.1, 0.15) is 12.8 Å². The molecular weight excluding hydrogens is 174 g/mol. The van der Waals surface area contributed by atoms with Crippen molar-refractivity contribution in [3.05, 3.63) is 24.3 Å². The standard InChI is InChI=1S/C11H17N3/c12-10-5-1-2-6-11(10)14-8-9-4-3-7-13-9/h1-2,5-6,9,13-14H,3-4,7-8,12H2. The van der Waals surface area contributed by atoms with Gasteiger partial charge < -0.3 is 16.4 Å². The maximum atomic E-state index is 5.82. The molecule has 1 heterocycles. The Labute approximate surface area is 84.7 Å². The maximum Gasteiger partial charge on any atom is 0.0574 e. The summed E-state index contributed by atoms with van der Waals surface area (Å²) in [6.45, 7) is 2.12. The average Bonchev–Trinajstić information content (AvgIpc) is 2.69. The molecule has 1 atom stereocenters. The lowest BCUT2D eigenvalue weighted by atomic mass is 10.2. The summed E-state index contributed by atoms with van der Waals surface area (Å²) in [4.78, 5) is 0. The molecule has 0 amide bonds. The van der Waals surface area contributed by atoms with Gasteiger partial charge in [0.05, 0.1) is 11.4 Å². The van der Waals surface area contributed by atoms with Crippen molar-refractivity contribution in [1.82, 2.24) is 5.32 Å². The van der Waals surface area contributed by atoms with Crippen molar-refractivity contribution in [3.63, 3.8) is 0 Å². The van der Waals surface area contributed by atoms with Crippen molar-refractivity contribution in [2.24, 2.45) is 0 Å². The summed E-state index contributed by atoms with van der Waals surface area (Å²) in [5.74, 6) is 0. The van der Waals surface area contributed by atoms with Crippen molar-refractivity contribution in [3.8, 4) is 0 Å². The zero-order chi connectivity index (χ0) is 9.80. The minimum absolute atomic E-state index is 0.606. The first-order valence-electron chi connectivity index (χ1n) is 5.18. The summed E-state index contributed by atoms with van der Waals surface area (Å²) in [5.41, 5.74) is 7.69. The van der Waals surface area contributed by atoms with Crippen molar-refractivity contribution in [1.29, 1.82) is 0 Å². The summed E-state index contributed by atoms with van der Waals surface area (Å²) < 4.78 is 0. The van der Waals surface area contributed by atoms with Gasteiger partial charge in [-0.25, -0.2) is 0 Å². The van der Waals surface area contributed by atoms with Crippen molar-refractivity contribution >= 4 is 11.4 Å². The van der Waals surface area contributed by atoms with Crippen LogP contribution in [0.5, 0.6) is 0 Å². The Bertz CT molecular complexity index is 292. The molecule has 1 aliphatic heterocycles. The molecule has 3 heteroatoms. The van der Waals surface area contributed by atoms with E-state index < -0.39 is 0 Å². The zero-order valence-corrected chi connectivity index (χ0v) is 8.29. The van der Waals surface area contributed by atoms with Gasteiger partial charge in [-0.3, -0.25) is 0 Å². The number of rotatable bonds is 3. The largest absolute Gasteiger partial charge is 0.397 e. The third kappa shape index (κ3) is 2.17. The molecule has 0 aromatic heterocycles. The topological polar surface area (TPSA) is 50.1 Å². The van der Waals surface area contributed by atoms with Crippen LogP contribution in [0.4, 0.5) is 11.4 Å². The molecule has 0 radical (unpaired) electrons. The summed E-state index contributed by atoms with van der Waals surface area (Å²) in [5, 5.41) is 6.81. The van der Waals surface area contributed by atoms with Crippen molar-refractivity contribution in [2.45, 2.75) is 18.9 Å². The summed E-state index contributed by atoms with van der Waals surface area (Å²) in [7, 11) is 0. The van der Waals surface area contributed by atoms with Gasteiger partial charge in [-0.15, -0.1) is 0 Å². The molecule has 1 saturated heterocycles. The Morgan fingerprint density at radius 1 is 1.43 bits per heavy atom. The van der Waals surface area contributed by atoms with Gasteiger partial charge in [-0.2, -0.15) is 0 Å². The Kier molecular flexibility index (Phi) is 2.89. The predicted molar refractivity (Wildman–Crippen MR) is 60.4 cm³/mol. The minimum atomic E-state index is 0.606. The fraction of sp³-hybridized carbons (Fsp3) is 0.455. The van der Waals surface area contributed by atoms with E-state index in [0.29, 0.717) is 6.04 Å². The zero-order valence-electron chi connectivity index (χ0n) is 8.29. The smallest absolute Gasteiger partial charge is 0.0574 e. The van der Waals surface area contributed by atoms with E-state index in [9.17, 15) is 0 Å². The van der Waals surface area contributed by atoms with Gasteiger partial charge >= 0.3 is 0 Å². The summed E-state index contributed by atoms with van der Waals surface area (Å²) in [6.07, 6.45) is 2.55. The molecule has 0 aliphatic carbocycles. The summed E-state index contributed by atoms with van der Waals surface area (Å²) >= 11 is 0. The molecule has 0 spiro atoms. The van der Waals surface area contributed by atoms with Crippen molar-refractivity contribution < 1.29 is 0 Å². The minimum Gasteiger partial charge on any atom is -0.397 e. The van der Waals surface area contributed by atoms with Crippen LogP contribution in [0.15, 0.2) is 24.3 Å². The van der Waals surface area contributed by atoms with Gasteiger partial charge in [-0.05, 0) is 31.5 Å².